The molecule has 0 unspecified atom stereocenters. The molecular weight excluding hydrogens is 402 g/mol. The molecule has 0 spiro atoms. The molecule has 2 amide bonds. The number of nitrogens with two attached hydrogens (primary N) is 1. The Morgan fingerprint density at radius 2 is 1.61 bits per heavy atom. The largest absolute Gasteiger partial charge is 0.497 e. The van der Waals surface area contributed by atoms with Crippen molar-refractivity contribution in [1.29, 1.82) is 0 Å². The number of methoxy groups -OCH3 is 1. The SMILES string of the molecule is COc1ccc(N2CCN(C(=O)COC(=O)c3ccccc3OCC(N)=O)CC2)cc1. The summed E-state index contributed by atoms with van der Waals surface area (Å²) in [5, 5.41) is 0. The number of anilines is 1. The average Bonchev–Trinajstić information content (AvgIpc) is 2.81. The van der Waals surface area contributed by atoms with Crippen molar-refractivity contribution in [2.45, 2.75) is 0 Å². The number of carbonyl (C=O) groups is 3. The molecule has 2 aromatic rings. The van der Waals surface area contributed by atoms with Crippen LogP contribution < -0.4 is 20.1 Å². The van der Waals surface area contributed by atoms with E-state index in [-0.39, 0.29) is 30.4 Å². The van der Waals surface area contributed by atoms with E-state index in [1.54, 1.807) is 24.1 Å². The lowest BCUT2D eigenvalue weighted by Gasteiger charge is -2.36. The first-order chi connectivity index (χ1) is 15.0. The first-order valence-electron chi connectivity index (χ1n) is 9.82. The van der Waals surface area contributed by atoms with E-state index in [2.05, 4.69) is 4.90 Å². The van der Waals surface area contributed by atoms with Crippen LogP contribution in [0, 0.1) is 0 Å². The van der Waals surface area contributed by atoms with Crippen LogP contribution in [0.1, 0.15) is 10.4 Å². The smallest absolute Gasteiger partial charge is 0.342 e. The molecule has 1 saturated heterocycles. The van der Waals surface area contributed by atoms with Gasteiger partial charge < -0.3 is 29.7 Å². The molecule has 164 valence electrons. The lowest BCUT2D eigenvalue weighted by atomic mass is 10.2. The number of primary amides is 1. The van der Waals surface area contributed by atoms with Crippen molar-refractivity contribution in [2.75, 3.05) is 51.4 Å². The van der Waals surface area contributed by atoms with Gasteiger partial charge in [0, 0.05) is 31.9 Å². The Hall–Kier alpha value is -3.75. The number of nitrogens with zero attached hydrogens (tertiary/aromatic N) is 2. The fraction of sp³-hybridized carbons (Fsp3) is 0.318. The number of esters is 1. The average molecular weight is 427 g/mol. The molecule has 0 aromatic heterocycles. The zero-order valence-corrected chi connectivity index (χ0v) is 17.3. The molecule has 9 heteroatoms. The lowest BCUT2D eigenvalue weighted by Crippen LogP contribution is -2.49. The maximum atomic E-state index is 12.5. The minimum absolute atomic E-state index is 0.126. The Balaban J connectivity index is 1.49. The van der Waals surface area contributed by atoms with Crippen LogP contribution in [0.25, 0.3) is 0 Å². The van der Waals surface area contributed by atoms with Crippen molar-refractivity contribution in [1.82, 2.24) is 4.90 Å². The molecular formula is C22H25N3O6. The summed E-state index contributed by atoms with van der Waals surface area (Å²) in [6, 6.07) is 14.1. The summed E-state index contributed by atoms with van der Waals surface area (Å²) < 4.78 is 15.6. The minimum atomic E-state index is -0.703. The van der Waals surface area contributed by atoms with Gasteiger partial charge in [-0.15, -0.1) is 0 Å². The highest BCUT2D eigenvalue weighted by molar-refractivity contribution is 5.94. The first kappa shape index (κ1) is 21.9. The number of piperazine rings is 1. The van der Waals surface area contributed by atoms with Gasteiger partial charge in [0.15, 0.2) is 13.2 Å². The number of hydrogen-bond acceptors (Lipinski definition) is 7. The van der Waals surface area contributed by atoms with E-state index >= 15 is 0 Å². The zero-order valence-electron chi connectivity index (χ0n) is 17.3. The molecule has 0 radical (unpaired) electrons. The predicted octanol–water partition coefficient (Wildman–Crippen LogP) is 1.06. The van der Waals surface area contributed by atoms with Gasteiger partial charge in [-0.05, 0) is 36.4 Å². The van der Waals surface area contributed by atoms with Gasteiger partial charge in [-0.1, -0.05) is 12.1 Å². The molecule has 1 aliphatic heterocycles. The maximum Gasteiger partial charge on any atom is 0.342 e. The number of carbonyl (C=O) groups excluding carboxylic acids is 3. The Bertz CT molecular complexity index is 923. The molecule has 1 heterocycles. The van der Waals surface area contributed by atoms with E-state index in [0.717, 1.165) is 11.4 Å². The molecule has 31 heavy (non-hydrogen) atoms. The van der Waals surface area contributed by atoms with Crippen molar-refractivity contribution in [3.63, 3.8) is 0 Å². The third-order valence-corrected chi connectivity index (χ3v) is 4.87. The monoisotopic (exact) mass is 427 g/mol. The fourth-order valence-corrected chi connectivity index (χ4v) is 3.21. The van der Waals surface area contributed by atoms with E-state index in [1.165, 1.54) is 12.1 Å². The van der Waals surface area contributed by atoms with Crippen LogP contribution in [-0.2, 0) is 14.3 Å². The standard InChI is InChI=1S/C22H25N3O6/c1-29-17-8-6-16(7-9-17)24-10-12-25(13-11-24)21(27)15-31-22(28)18-4-2-3-5-19(18)30-14-20(23)26/h2-9H,10-15H2,1H3,(H2,23,26). The van der Waals surface area contributed by atoms with Gasteiger partial charge in [-0.2, -0.15) is 0 Å². The second-order valence-electron chi connectivity index (χ2n) is 6.89. The molecule has 9 nitrogen and oxygen atoms in total. The van der Waals surface area contributed by atoms with Crippen LogP contribution >= 0.6 is 0 Å². The number of hydrogen-bond donors (Lipinski definition) is 1. The van der Waals surface area contributed by atoms with Crippen molar-refractivity contribution < 1.29 is 28.6 Å². The number of para-hydroxylation sites is 1. The molecule has 0 saturated carbocycles. The van der Waals surface area contributed by atoms with E-state index < -0.39 is 11.9 Å². The molecule has 3 rings (SSSR count). The third kappa shape index (κ3) is 5.88. The van der Waals surface area contributed by atoms with Crippen molar-refractivity contribution in [2.24, 2.45) is 5.73 Å². The summed E-state index contributed by atoms with van der Waals surface area (Å²) in [4.78, 5) is 39.6. The molecule has 0 bridgehead atoms. The van der Waals surface area contributed by atoms with Gasteiger partial charge >= 0.3 is 5.97 Å². The zero-order chi connectivity index (χ0) is 22.2. The minimum Gasteiger partial charge on any atom is -0.497 e. The Kier molecular flexibility index (Phi) is 7.31. The van der Waals surface area contributed by atoms with Crippen LogP contribution in [0.3, 0.4) is 0 Å². The summed E-state index contributed by atoms with van der Waals surface area (Å²) >= 11 is 0. The number of ether oxygens (including phenoxy) is 3. The normalized spacial score (nSPS) is 13.5. The highest BCUT2D eigenvalue weighted by Gasteiger charge is 2.23. The van der Waals surface area contributed by atoms with Gasteiger partial charge in [-0.25, -0.2) is 4.79 Å². The first-order valence-corrected chi connectivity index (χ1v) is 9.82. The number of amides is 2. The van der Waals surface area contributed by atoms with Crippen molar-refractivity contribution in [3.05, 3.63) is 54.1 Å². The van der Waals surface area contributed by atoms with Gasteiger partial charge in [-0.3, -0.25) is 9.59 Å². The van der Waals surface area contributed by atoms with Crippen LogP contribution in [0.15, 0.2) is 48.5 Å². The van der Waals surface area contributed by atoms with E-state index in [4.69, 9.17) is 19.9 Å². The number of benzene rings is 2. The molecule has 2 aromatic carbocycles. The Morgan fingerprint density at radius 3 is 2.26 bits per heavy atom. The van der Waals surface area contributed by atoms with Gasteiger partial charge in [0.05, 0.1) is 7.11 Å². The molecule has 0 aliphatic carbocycles. The summed E-state index contributed by atoms with van der Waals surface area (Å²) in [7, 11) is 1.62. The third-order valence-electron chi connectivity index (χ3n) is 4.87. The second-order valence-corrected chi connectivity index (χ2v) is 6.89. The van der Waals surface area contributed by atoms with Crippen LogP contribution in [-0.4, -0.2) is 69.2 Å². The summed E-state index contributed by atoms with van der Waals surface area (Å²) in [5.41, 5.74) is 6.26. The Labute approximate surface area is 180 Å². The molecule has 2 N–H and O–H groups in total. The van der Waals surface area contributed by atoms with E-state index in [0.29, 0.717) is 26.2 Å². The van der Waals surface area contributed by atoms with E-state index in [9.17, 15) is 14.4 Å². The van der Waals surface area contributed by atoms with Crippen LogP contribution in [0.2, 0.25) is 0 Å². The quantitative estimate of drug-likeness (QED) is 0.627. The topological polar surface area (TPSA) is 111 Å². The lowest BCUT2D eigenvalue weighted by molar-refractivity contribution is -0.134. The fourth-order valence-electron chi connectivity index (χ4n) is 3.21. The summed E-state index contributed by atoms with van der Waals surface area (Å²) in [6.45, 7) is 1.68. The molecule has 1 fully saturated rings. The van der Waals surface area contributed by atoms with Gasteiger partial charge in [0.2, 0.25) is 0 Å². The highest BCUT2D eigenvalue weighted by Crippen LogP contribution is 2.21. The van der Waals surface area contributed by atoms with E-state index in [1.807, 2.05) is 24.3 Å². The molecule has 0 atom stereocenters. The van der Waals surface area contributed by atoms with Crippen LogP contribution in [0.5, 0.6) is 11.5 Å². The highest BCUT2D eigenvalue weighted by atomic mass is 16.5. The van der Waals surface area contributed by atoms with Gasteiger partial charge in [0.25, 0.3) is 11.8 Å². The van der Waals surface area contributed by atoms with Crippen LogP contribution in [0.4, 0.5) is 5.69 Å². The van der Waals surface area contributed by atoms with Crippen molar-refractivity contribution >= 4 is 23.5 Å². The van der Waals surface area contributed by atoms with Crippen molar-refractivity contribution in [3.8, 4) is 11.5 Å². The predicted molar refractivity (Wildman–Crippen MR) is 113 cm³/mol. The number of rotatable bonds is 8. The molecule has 1 aliphatic rings. The maximum absolute atomic E-state index is 12.5. The second kappa shape index (κ2) is 10.3. The summed E-state index contributed by atoms with van der Waals surface area (Å²) in [6.07, 6.45) is 0. The summed E-state index contributed by atoms with van der Waals surface area (Å²) in [5.74, 6) is -0.663. The Morgan fingerprint density at radius 1 is 0.935 bits per heavy atom. The van der Waals surface area contributed by atoms with Gasteiger partial charge in [0.1, 0.15) is 17.1 Å².